The highest BCUT2D eigenvalue weighted by molar-refractivity contribution is 7.98. The number of rotatable bonds is 5. The number of thioether (sulfide) groups is 1. The van der Waals surface area contributed by atoms with Gasteiger partial charge in [0, 0.05) is 11.4 Å². The van der Waals surface area contributed by atoms with Crippen LogP contribution in [-0.2, 0) is 6.54 Å². The first-order valence-corrected chi connectivity index (χ1v) is 6.41. The molecule has 0 aliphatic heterocycles. The maximum Gasteiger partial charge on any atom is 0.0544 e. The van der Waals surface area contributed by atoms with Crippen LogP contribution in [0.4, 0.5) is 0 Å². The normalized spacial score (nSPS) is 10.5. The Morgan fingerprint density at radius 3 is 2.79 bits per heavy atom. The third kappa shape index (κ3) is 3.52. The van der Waals surface area contributed by atoms with Gasteiger partial charge in [0.1, 0.15) is 0 Å². The maximum absolute atomic E-state index is 6.09. The van der Waals surface area contributed by atoms with Crippen molar-refractivity contribution in [1.29, 1.82) is 0 Å². The highest BCUT2D eigenvalue weighted by Crippen LogP contribution is 2.25. The lowest BCUT2D eigenvalue weighted by molar-refractivity contribution is 0.675. The summed E-state index contributed by atoms with van der Waals surface area (Å²) in [5, 5.41) is 4.21. The molecule has 0 saturated heterocycles. The molecule has 3 heteroatoms. The van der Waals surface area contributed by atoms with E-state index < -0.39 is 0 Å². The molecule has 1 aromatic rings. The van der Waals surface area contributed by atoms with Crippen LogP contribution >= 0.6 is 23.4 Å². The Morgan fingerprint density at radius 1 is 1.43 bits per heavy atom. The number of hydrogen-bond acceptors (Lipinski definition) is 2. The fourth-order valence-electron chi connectivity index (χ4n) is 1.23. The van der Waals surface area contributed by atoms with Gasteiger partial charge in [0.15, 0.2) is 0 Å². The summed E-state index contributed by atoms with van der Waals surface area (Å²) in [6, 6.07) is 6.24. The predicted molar refractivity (Wildman–Crippen MR) is 65.2 cm³/mol. The van der Waals surface area contributed by atoms with Gasteiger partial charge in [-0.1, -0.05) is 24.6 Å². The van der Waals surface area contributed by atoms with Gasteiger partial charge in [-0.3, -0.25) is 0 Å². The van der Waals surface area contributed by atoms with Crippen molar-refractivity contribution in [3.8, 4) is 0 Å². The SMILES string of the molecule is CCCNCc1ccc(SC)c(Cl)c1. The number of hydrogen-bond donors (Lipinski definition) is 1. The molecule has 0 radical (unpaired) electrons. The molecule has 0 spiro atoms. The Labute approximate surface area is 95.2 Å². The summed E-state index contributed by atoms with van der Waals surface area (Å²) < 4.78 is 0. The number of halogens is 1. The average Bonchev–Trinajstić information content (AvgIpc) is 2.18. The lowest BCUT2D eigenvalue weighted by atomic mass is 10.2. The summed E-state index contributed by atoms with van der Waals surface area (Å²) in [5.74, 6) is 0. The molecule has 0 aliphatic carbocycles. The topological polar surface area (TPSA) is 12.0 Å². The minimum Gasteiger partial charge on any atom is -0.313 e. The first-order chi connectivity index (χ1) is 6.77. The first kappa shape index (κ1) is 11.9. The second kappa shape index (κ2) is 6.33. The molecule has 1 N–H and O–H groups in total. The Morgan fingerprint density at radius 2 is 2.21 bits per heavy atom. The molecule has 14 heavy (non-hydrogen) atoms. The zero-order valence-corrected chi connectivity index (χ0v) is 10.2. The molecular formula is C11H16ClNS. The van der Waals surface area contributed by atoms with Gasteiger partial charge in [0.25, 0.3) is 0 Å². The molecule has 0 saturated carbocycles. The lowest BCUT2D eigenvalue weighted by Crippen LogP contribution is -2.13. The average molecular weight is 230 g/mol. The van der Waals surface area contributed by atoms with Crippen molar-refractivity contribution in [3.05, 3.63) is 28.8 Å². The largest absolute Gasteiger partial charge is 0.313 e. The fourth-order valence-corrected chi connectivity index (χ4v) is 2.12. The van der Waals surface area contributed by atoms with Gasteiger partial charge in [-0.25, -0.2) is 0 Å². The van der Waals surface area contributed by atoms with Crippen molar-refractivity contribution in [3.63, 3.8) is 0 Å². The monoisotopic (exact) mass is 229 g/mol. The van der Waals surface area contributed by atoms with Gasteiger partial charge in [-0.05, 0) is 36.9 Å². The van der Waals surface area contributed by atoms with Crippen molar-refractivity contribution in [2.45, 2.75) is 24.8 Å². The minimum atomic E-state index is 0.855. The van der Waals surface area contributed by atoms with E-state index in [0.29, 0.717) is 0 Å². The van der Waals surface area contributed by atoms with E-state index in [0.717, 1.165) is 29.4 Å². The van der Waals surface area contributed by atoms with Gasteiger partial charge < -0.3 is 5.32 Å². The Kier molecular flexibility index (Phi) is 5.38. The molecule has 0 heterocycles. The smallest absolute Gasteiger partial charge is 0.0544 e. The van der Waals surface area contributed by atoms with Crippen molar-refractivity contribution in [2.24, 2.45) is 0 Å². The van der Waals surface area contributed by atoms with Crippen molar-refractivity contribution in [1.82, 2.24) is 5.32 Å². The van der Waals surface area contributed by atoms with E-state index in [1.807, 2.05) is 12.3 Å². The zero-order valence-electron chi connectivity index (χ0n) is 8.64. The van der Waals surface area contributed by atoms with Crippen LogP contribution in [0.2, 0.25) is 5.02 Å². The summed E-state index contributed by atoms with van der Waals surface area (Å²) in [4.78, 5) is 1.14. The summed E-state index contributed by atoms with van der Waals surface area (Å²) >= 11 is 7.77. The Hall–Kier alpha value is -0.180. The highest BCUT2D eigenvalue weighted by Gasteiger charge is 1.99. The molecule has 0 atom stereocenters. The van der Waals surface area contributed by atoms with E-state index >= 15 is 0 Å². The molecule has 0 aliphatic rings. The summed E-state index contributed by atoms with van der Waals surface area (Å²) in [6.07, 6.45) is 3.20. The van der Waals surface area contributed by atoms with E-state index in [-0.39, 0.29) is 0 Å². The molecule has 0 aromatic heterocycles. The van der Waals surface area contributed by atoms with Crippen molar-refractivity contribution in [2.75, 3.05) is 12.8 Å². The molecule has 0 bridgehead atoms. The summed E-state index contributed by atoms with van der Waals surface area (Å²) in [6.45, 7) is 4.13. The fraction of sp³-hybridized carbons (Fsp3) is 0.455. The quantitative estimate of drug-likeness (QED) is 0.612. The highest BCUT2D eigenvalue weighted by atomic mass is 35.5. The molecule has 1 aromatic carbocycles. The maximum atomic E-state index is 6.09. The lowest BCUT2D eigenvalue weighted by Gasteiger charge is -2.06. The van der Waals surface area contributed by atoms with Crippen LogP contribution in [0.1, 0.15) is 18.9 Å². The molecule has 1 rings (SSSR count). The standard InChI is InChI=1S/C11H16ClNS/c1-3-6-13-8-9-4-5-11(14-2)10(12)7-9/h4-5,7,13H,3,6,8H2,1-2H3. The van der Waals surface area contributed by atoms with Crippen LogP contribution in [0.15, 0.2) is 23.1 Å². The van der Waals surface area contributed by atoms with Crippen LogP contribution in [0.3, 0.4) is 0 Å². The van der Waals surface area contributed by atoms with E-state index in [2.05, 4.69) is 24.4 Å². The zero-order chi connectivity index (χ0) is 10.4. The second-order valence-corrected chi connectivity index (χ2v) is 4.40. The second-order valence-electron chi connectivity index (χ2n) is 3.15. The van der Waals surface area contributed by atoms with Crippen molar-refractivity contribution < 1.29 is 0 Å². The number of nitrogens with one attached hydrogen (secondary N) is 1. The molecule has 0 fully saturated rings. The molecular weight excluding hydrogens is 214 g/mol. The van der Waals surface area contributed by atoms with E-state index in [1.54, 1.807) is 11.8 Å². The van der Waals surface area contributed by atoms with Gasteiger partial charge in [-0.2, -0.15) is 0 Å². The predicted octanol–water partition coefficient (Wildman–Crippen LogP) is 3.56. The third-order valence-electron chi connectivity index (χ3n) is 1.97. The Bertz CT molecular complexity index is 289. The molecule has 0 unspecified atom stereocenters. The Balaban J connectivity index is 2.57. The molecule has 0 amide bonds. The summed E-state index contributed by atoms with van der Waals surface area (Å²) in [5.41, 5.74) is 1.25. The van der Waals surface area contributed by atoms with Crippen LogP contribution < -0.4 is 5.32 Å². The van der Waals surface area contributed by atoms with E-state index in [4.69, 9.17) is 11.6 Å². The summed E-state index contributed by atoms with van der Waals surface area (Å²) in [7, 11) is 0. The van der Waals surface area contributed by atoms with Crippen molar-refractivity contribution >= 4 is 23.4 Å². The first-order valence-electron chi connectivity index (χ1n) is 4.81. The van der Waals surface area contributed by atoms with Crippen LogP contribution in [0.5, 0.6) is 0 Å². The van der Waals surface area contributed by atoms with Crippen LogP contribution in [-0.4, -0.2) is 12.8 Å². The van der Waals surface area contributed by atoms with Crippen LogP contribution in [0, 0.1) is 0 Å². The van der Waals surface area contributed by atoms with Gasteiger partial charge in [-0.15, -0.1) is 11.8 Å². The van der Waals surface area contributed by atoms with Crippen LogP contribution in [0.25, 0.3) is 0 Å². The third-order valence-corrected chi connectivity index (χ3v) is 3.19. The molecule has 1 nitrogen and oxygen atoms in total. The minimum absolute atomic E-state index is 0.855. The van der Waals surface area contributed by atoms with Gasteiger partial charge >= 0.3 is 0 Å². The van der Waals surface area contributed by atoms with E-state index in [1.165, 1.54) is 5.56 Å². The molecule has 78 valence electrons. The van der Waals surface area contributed by atoms with E-state index in [9.17, 15) is 0 Å². The van der Waals surface area contributed by atoms with Gasteiger partial charge in [0.2, 0.25) is 0 Å². The number of benzene rings is 1. The van der Waals surface area contributed by atoms with Gasteiger partial charge in [0.05, 0.1) is 5.02 Å².